The number of rotatable bonds is 3. The summed E-state index contributed by atoms with van der Waals surface area (Å²) in [5, 5.41) is 20.9. The molecule has 5 heteroatoms. The van der Waals surface area contributed by atoms with Gasteiger partial charge < -0.3 is 19.8 Å². The standard InChI is InChI=1S/C15H20O4.U/c16-4-3-15(8-17)6-9-5-10(7-15)14(19)12-2-1-11(12)13(9)18;/h9-14,18-19H,1-3,5-7H2;/q-2;+2. The molecule has 3 rings (SSSR count). The van der Waals surface area contributed by atoms with Gasteiger partial charge in [-0.3, -0.25) is 12.6 Å². The van der Waals surface area contributed by atoms with E-state index in [4.69, 9.17) is 0 Å². The summed E-state index contributed by atoms with van der Waals surface area (Å²) in [5.74, 6) is 0.373. The molecule has 108 valence electrons. The quantitative estimate of drug-likeness (QED) is 0.560. The van der Waals surface area contributed by atoms with E-state index in [-0.39, 0.29) is 61.2 Å². The van der Waals surface area contributed by atoms with E-state index in [9.17, 15) is 19.8 Å². The fraction of sp³-hybridized carbons (Fsp3) is 0.867. The molecule has 20 heavy (non-hydrogen) atoms. The molecule has 6 atom stereocenters. The van der Waals surface area contributed by atoms with Crippen molar-refractivity contribution in [1.29, 1.82) is 0 Å². The first-order valence-corrected chi connectivity index (χ1v) is 7.21. The molecule has 0 radical (unpaired) electrons. The zero-order valence-corrected chi connectivity index (χ0v) is 15.6. The van der Waals surface area contributed by atoms with E-state index in [2.05, 4.69) is 0 Å². The monoisotopic (exact) mass is 502 g/mol. The summed E-state index contributed by atoms with van der Waals surface area (Å²) in [6, 6.07) is 0. The predicted octanol–water partition coefficient (Wildman–Crippen LogP) is 0.760. The molecule has 3 aliphatic carbocycles. The Morgan fingerprint density at radius 2 is 1.50 bits per heavy atom. The van der Waals surface area contributed by atoms with E-state index in [1.54, 1.807) is 0 Å². The first-order chi connectivity index (χ1) is 9.10. The minimum absolute atomic E-state index is 0. The number of aliphatic hydroxyl groups is 2. The van der Waals surface area contributed by atoms with Crippen LogP contribution in [0.2, 0.25) is 0 Å². The number of hydrogen-bond acceptors (Lipinski definition) is 4. The molecule has 0 aromatic carbocycles. The predicted molar refractivity (Wildman–Crippen MR) is 67.5 cm³/mol. The second kappa shape index (κ2) is 6.20. The molecular weight excluding hydrogens is 482 g/mol. The molecule has 2 bridgehead atoms. The number of carbonyl (C=O) groups excluding carboxylic acids is 2. The SMILES string of the molecule is O=[C-]CC1([C-]=O)CC2CC(C1)C(O)C1CCC1C2O.[U+2]. The van der Waals surface area contributed by atoms with Crippen LogP contribution in [-0.2, 0) is 9.59 Å². The first-order valence-electron chi connectivity index (χ1n) is 7.21. The van der Waals surface area contributed by atoms with Gasteiger partial charge in [0, 0.05) is 0 Å². The van der Waals surface area contributed by atoms with Crippen molar-refractivity contribution in [2.75, 3.05) is 0 Å². The Morgan fingerprint density at radius 1 is 1.00 bits per heavy atom. The molecule has 2 N–H and O–H groups in total. The fourth-order valence-electron chi connectivity index (χ4n) is 4.66. The molecule has 0 heterocycles. The van der Waals surface area contributed by atoms with E-state index in [0.717, 1.165) is 19.3 Å². The maximum atomic E-state index is 11.3. The van der Waals surface area contributed by atoms with Crippen LogP contribution in [0.15, 0.2) is 0 Å². The van der Waals surface area contributed by atoms with Crippen molar-refractivity contribution in [1.82, 2.24) is 0 Å². The largest absolute Gasteiger partial charge is 2.00 e. The Hall–Kier alpha value is 0.312. The van der Waals surface area contributed by atoms with E-state index in [0.29, 0.717) is 12.8 Å². The molecule has 0 aromatic rings. The van der Waals surface area contributed by atoms with Crippen molar-refractivity contribution in [3.8, 4) is 0 Å². The van der Waals surface area contributed by atoms with Crippen LogP contribution in [0.5, 0.6) is 0 Å². The molecule has 0 amide bonds. The zero-order chi connectivity index (χ0) is 13.6. The van der Waals surface area contributed by atoms with Gasteiger partial charge in [-0.05, 0) is 42.9 Å². The van der Waals surface area contributed by atoms with Crippen LogP contribution in [0.25, 0.3) is 0 Å². The van der Waals surface area contributed by atoms with Crippen LogP contribution in [0.1, 0.15) is 38.5 Å². The second-order valence-electron chi connectivity index (χ2n) is 6.75. The average molecular weight is 502 g/mol. The number of aliphatic hydroxyl groups excluding tert-OH is 2. The van der Waals surface area contributed by atoms with E-state index in [1.807, 2.05) is 12.6 Å². The van der Waals surface area contributed by atoms with Crippen molar-refractivity contribution in [3.63, 3.8) is 0 Å². The maximum absolute atomic E-state index is 11.3. The van der Waals surface area contributed by atoms with Crippen molar-refractivity contribution in [2.24, 2.45) is 29.1 Å². The molecule has 3 saturated carbocycles. The van der Waals surface area contributed by atoms with Gasteiger partial charge in [0.25, 0.3) is 0 Å². The summed E-state index contributed by atoms with van der Waals surface area (Å²) in [4.78, 5) is 22.1. The summed E-state index contributed by atoms with van der Waals surface area (Å²) in [6.07, 6.45) is 6.72. The molecule has 4 nitrogen and oxygen atoms in total. The van der Waals surface area contributed by atoms with Crippen LogP contribution >= 0.6 is 0 Å². The summed E-state index contributed by atoms with van der Waals surface area (Å²) >= 11 is 0. The van der Waals surface area contributed by atoms with Gasteiger partial charge in [-0.1, -0.05) is 12.8 Å². The summed E-state index contributed by atoms with van der Waals surface area (Å²) < 4.78 is 0. The van der Waals surface area contributed by atoms with Gasteiger partial charge in [0.1, 0.15) is 0 Å². The minimum atomic E-state index is -0.832. The Morgan fingerprint density at radius 3 is 1.85 bits per heavy atom. The Kier molecular flexibility index (Phi) is 5.17. The van der Waals surface area contributed by atoms with E-state index in [1.165, 1.54) is 0 Å². The molecule has 0 aliphatic heterocycles. The van der Waals surface area contributed by atoms with Gasteiger partial charge in [0.05, 0.1) is 12.2 Å². The van der Waals surface area contributed by atoms with Gasteiger partial charge in [0.2, 0.25) is 0 Å². The maximum Gasteiger partial charge on any atom is 2.00 e. The zero-order valence-electron chi connectivity index (χ0n) is 11.4. The van der Waals surface area contributed by atoms with Crippen molar-refractivity contribution in [3.05, 3.63) is 0 Å². The third kappa shape index (κ3) is 2.56. The molecule has 3 aliphatic rings. The van der Waals surface area contributed by atoms with Crippen molar-refractivity contribution in [2.45, 2.75) is 50.7 Å². The van der Waals surface area contributed by atoms with Crippen LogP contribution in [0.3, 0.4) is 0 Å². The number of fused-ring (bicyclic) bond motifs is 3. The van der Waals surface area contributed by atoms with Crippen molar-refractivity contribution < 1.29 is 50.9 Å². The van der Waals surface area contributed by atoms with E-state index >= 15 is 0 Å². The molecule has 0 spiro atoms. The van der Waals surface area contributed by atoms with Gasteiger partial charge in [-0.15, -0.1) is 0 Å². The third-order valence-electron chi connectivity index (χ3n) is 5.76. The summed E-state index contributed by atoms with van der Waals surface area (Å²) in [7, 11) is 0. The fourth-order valence-corrected chi connectivity index (χ4v) is 4.66. The first kappa shape index (κ1) is 16.7. The molecule has 0 saturated heterocycles. The topological polar surface area (TPSA) is 74.6 Å². The van der Waals surface area contributed by atoms with E-state index < -0.39 is 17.6 Å². The van der Waals surface area contributed by atoms with Gasteiger partial charge >= 0.3 is 31.1 Å². The summed E-state index contributed by atoms with van der Waals surface area (Å²) in [6.45, 7) is 0. The smallest absolute Gasteiger partial charge is 0.542 e. The molecule has 0 aromatic heterocycles. The number of hydrogen-bond donors (Lipinski definition) is 2. The third-order valence-corrected chi connectivity index (χ3v) is 5.76. The van der Waals surface area contributed by atoms with Gasteiger partial charge in [-0.25, -0.2) is 0 Å². The van der Waals surface area contributed by atoms with Crippen LogP contribution in [0, 0.1) is 60.2 Å². The Bertz CT molecular complexity index is 362. The van der Waals surface area contributed by atoms with Gasteiger partial charge in [-0.2, -0.15) is 11.8 Å². The Labute approximate surface area is 143 Å². The van der Waals surface area contributed by atoms with Crippen molar-refractivity contribution >= 4 is 12.6 Å². The normalized spacial score (nSPS) is 49.9. The average Bonchev–Trinajstić information content (AvgIpc) is 2.40. The molecular formula is C15H20O4U. The van der Waals surface area contributed by atoms with Crippen LogP contribution in [0.4, 0.5) is 0 Å². The molecule has 3 fully saturated rings. The second-order valence-corrected chi connectivity index (χ2v) is 6.75. The van der Waals surface area contributed by atoms with Crippen LogP contribution in [-0.4, -0.2) is 35.0 Å². The summed E-state index contributed by atoms with van der Waals surface area (Å²) in [5.41, 5.74) is -0.832. The van der Waals surface area contributed by atoms with Gasteiger partial charge in [0.15, 0.2) is 0 Å². The molecule has 6 unspecified atom stereocenters. The minimum Gasteiger partial charge on any atom is -0.542 e. The van der Waals surface area contributed by atoms with Crippen LogP contribution < -0.4 is 0 Å². The Balaban J connectivity index is 0.00000147.